The van der Waals surface area contributed by atoms with Crippen LogP contribution in [0.2, 0.25) is 5.02 Å². The quantitative estimate of drug-likeness (QED) is 0.183. The van der Waals surface area contributed by atoms with E-state index < -0.39 is 23.3 Å². The molecule has 1 fully saturated rings. The molecule has 36 heavy (non-hydrogen) atoms. The predicted octanol–water partition coefficient (Wildman–Crippen LogP) is 5.54. The van der Waals surface area contributed by atoms with Crippen molar-refractivity contribution in [3.63, 3.8) is 0 Å². The molecule has 0 N–H and O–H groups in total. The van der Waals surface area contributed by atoms with Crippen molar-refractivity contribution in [3.05, 3.63) is 83.2 Å². The van der Waals surface area contributed by atoms with E-state index >= 15 is 0 Å². The number of carbonyl (C=O) groups is 2. The lowest BCUT2D eigenvalue weighted by Crippen LogP contribution is -2.44. The number of imide groups is 1. The van der Waals surface area contributed by atoms with Gasteiger partial charge in [0.05, 0.1) is 18.9 Å². The van der Waals surface area contributed by atoms with E-state index in [4.69, 9.17) is 22.9 Å². The SMILES string of the molecule is [C-]#[N+]c1ccc(N2C(=O)N(CCCOc3ccc(-c4cc[n+](C)cc4)cc3F)C(C)(C)C2=O)cc1Cl. The minimum atomic E-state index is -1.08. The van der Waals surface area contributed by atoms with E-state index in [1.807, 2.05) is 36.1 Å². The number of hydrogen-bond donors (Lipinski definition) is 0. The van der Waals surface area contributed by atoms with Crippen molar-refractivity contribution in [2.75, 3.05) is 18.1 Å². The summed E-state index contributed by atoms with van der Waals surface area (Å²) < 4.78 is 22.2. The van der Waals surface area contributed by atoms with Crippen LogP contribution in [0, 0.1) is 12.4 Å². The summed E-state index contributed by atoms with van der Waals surface area (Å²) in [5.41, 5.74) is 1.11. The molecule has 2 heterocycles. The van der Waals surface area contributed by atoms with Gasteiger partial charge in [-0.05, 0) is 55.7 Å². The second-order valence-corrected chi connectivity index (χ2v) is 9.39. The van der Waals surface area contributed by atoms with E-state index in [0.29, 0.717) is 12.1 Å². The van der Waals surface area contributed by atoms with E-state index in [9.17, 15) is 14.0 Å². The van der Waals surface area contributed by atoms with E-state index in [0.717, 1.165) is 16.0 Å². The molecule has 0 bridgehead atoms. The molecule has 4 rings (SSSR count). The molecule has 1 aliphatic rings. The Hall–Kier alpha value is -3.96. The number of urea groups is 1. The number of halogens is 2. The van der Waals surface area contributed by atoms with Gasteiger partial charge >= 0.3 is 6.03 Å². The first-order chi connectivity index (χ1) is 17.1. The van der Waals surface area contributed by atoms with Crippen LogP contribution in [0.25, 0.3) is 16.0 Å². The summed E-state index contributed by atoms with van der Waals surface area (Å²) in [5.74, 6) is -0.741. The van der Waals surface area contributed by atoms with Crippen molar-refractivity contribution in [1.29, 1.82) is 0 Å². The second kappa shape index (κ2) is 9.96. The van der Waals surface area contributed by atoms with Crippen molar-refractivity contribution in [2.24, 2.45) is 7.05 Å². The fourth-order valence-corrected chi connectivity index (χ4v) is 4.28. The van der Waals surface area contributed by atoms with Gasteiger partial charge in [-0.15, -0.1) is 0 Å². The lowest BCUT2D eigenvalue weighted by atomic mass is 10.0. The second-order valence-electron chi connectivity index (χ2n) is 8.98. The van der Waals surface area contributed by atoms with Crippen LogP contribution in [0.15, 0.2) is 60.9 Å². The largest absolute Gasteiger partial charge is 0.490 e. The topological polar surface area (TPSA) is 58.1 Å². The number of anilines is 1. The van der Waals surface area contributed by atoms with Crippen LogP contribution >= 0.6 is 11.6 Å². The molecule has 0 spiro atoms. The minimum Gasteiger partial charge on any atom is -0.490 e. The first kappa shape index (κ1) is 25.1. The third-order valence-corrected chi connectivity index (χ3v) is 6.46. The molecule has 1 aromatic heterocycles. The van der Waals surface area contributed by atoms with Crippen LogP contribution in [0.1, 0.15) is 20.3 Å². The Labute approximate surface area is 214 Å². The lowest BCUT2D eigenvalue weighted by molar-refractivity contribution is -0.671. The van der Waals surface area contributed by atoms with E-state index in [1.165, 1.54) is 29.2 Å². The number of rotatable bonds is 7. The molecule has 184 valence electrons. The van der Waals surface area contributed by atoms with Crippen LogP contribution in [-0.2, 0) is 11.8 Å². The summed E-state index contributed by atoms with van der Waals surface area (Å²) in [7, 11) is 1.91. The Morgan fingerprint density at radius 1 is 1.08 bits per heavy atom. The van der Waals surface area contributed by atoms with Crippen LogP contribution in [-0.4, -0.2) is 35.5 Å². The number of ether oxygens (including phenoxy) is 1. The molecule has 0 saturated carbocycles. The van der Waals surface area contributed by atoms with Crippen LogP contribution < -0.4 is 14.2 Å². The molecule has 0 unspecified atom stereocenters. The van der Waals surface area contributed by atoms with Crippen LogP contribution in [0.3, 0.4) is 0 Å². The number of benzene rings is 2. The zero-order valence-corrected chi connectivity index (χ0v) is 20.9. The average molecular weight is 508 g/mol. The molecule has 7 nitrogen and oxygen atoms in total. The molecule has 3 amide bonds. The zero-order valence-electron chi connectivity index (χ0n) is 20.2. The van der Waals surface area contributed by atoms with Crippen molar-refractivity contribution in [3.8, 4) is 16.9 Å². The number of aryl methyl sites for hydroxylation is 1. The highest BCUT2D eigenvalue weighted by Gasteiger charge is 2.51. The molecule has 3 aromatic rings. The average Bonchev–Trinajstić information content (AvgIpc) is 3.01. The first-order valence-corrected chi connectivity index (χ1v) is 11.7. The van der Waals surface area contributed by atoms with Gasteiger partial charge < -0.3 is 9.64 Å². The summed E-state index contributed by atoms with van der Waals surface area (Å²) in [5, 5.41) is 0.169. The third kappa shape index (κ3) is 4.75. The van der Waals surface area contributed by atoms with Gasteiger partial charge in [-0.1, -0.05) is 23.7 Å². The summed E-state index contributed by atoms with van der Waals surface area (Å²) in [6, 6.07) is 12.6. The predicted molar refractivity (Wildman–Crippen MR) is 135 cm³/mol. The summed E-state index contributed by atoms with van der Waals surface area (Å²) in [4.78, 5) is 32.0. The standard InChI is InChI=1S/C27H25ClFN4O3/c1-27(2)25(34)33(20-7-8-23(30-3)21(28)17-20)26(35)32(27)12-5-15-36-24-9-6-19(16-22(24)29)18-10-13-31(4)14-11-18/h6-11,13-14,16-17H,5,12,15H2,1-2,4H3/q+1. The number of pyridine rings is 1. The molecular weight excluding hydrogens is 483 g/mol. The maximum absolute atomic E-state index is 14.6. The van der Waals surface area contributed by atoms with Gasteiger partial charge in [-0.25, -0.2) is 23.5 Å². The molecule has 0 radical (unpaired) electrons. The Morgan fingerprint density at radius 3 is 2.44 bits per heavy atom. The zero-order chi connectivity index (χ0) is 26.0. The lowest BCUT2D eigenvalue weighted by Gasteiger charge is -2.27. The van der Waals surface area contributed by atoms with Gasteiger partial charge in [0.2, 0.25) is 5.69 Å². The van der Waals surface area contributed by atoms with E-state index in [2.05, 4.69) is 4.85 Å². The van der Waals surface area contributed by atoms with E-state index in [1.54, 1.807) is 26.0 Å². The normalized spacial score (nSPS) is 14.8. The summed E-state index contributed by atoms with van der Waals surface area (Å²) in [6.45, 7) is 10.9. The third-order valence-electron chi connectivity index (χ3n) is 6.16. The van der Waals surface area contributed by atoms with Gasteiger partial charge in [0.15, 0.2) is 24.0 Å². The van der Waals surface area contributed by atoms with Crippen molar-refractivity contribution in [1.82, 2.24) is 4.90 Å². The van der Waals surface area contributed by atoms with Gasteiger partial charge in [0.25, 0.3) is 5.91 Å². The minimum absolute atomic E-state index is 0.125. The van der Waals surface area contributed by atoms with Gasteiger partial charge in [0, 0.05) is 23.7 Å². The highest BCUT2D eigenvalue weighted by molar-refractivity contribution is 6.34. The van der Waals surface area contributed by atoms with Crippen LogP contribution in [0.5, 0.6) is 5.75 Å². The number of amides is 3. The molecule has 2 aromatic carbocycles. The highest BCUT2D eigenvalue weighted by Crippen LogP contribution is 2.36. The molecule has 1 saturated heterocycles. The number of hydrogen-bond acceptors (Lipinski definition) is 3. The van der Waals surface area contributed by atoms with Gasteiger partial charge in [-0.3, -0.25) is 4.79 Å². The highest BCUT2D eigenvalue weighted by atomic mass is 35.5. The number of nitrogens with zero attached hydrogens (tertiary/aromatic N) is 4. The van der Waals surface area contributed by atoms with E-state index in [-0.39, 0.29) is 29.6 Å². The fraction of sp³-hybridized carbons (Fsp3) is 0.259. The Kier molecular flexibility index (Phi) is 6.95. The maximum atomic E-state index is 14.6. The first-order valence-electron chi connectivity index (χ1n) is 11.3. The summed E-state index contributed by atoms with van der Waals surface area (Å²) >= 11 is 6.11. The van der Waals surface area contributed by atoms with Crippen molar-refractivity contribution in [2.45, 2.75) is 25.8 Å². The Bertz CT molecular complexity index is 1370. The van der Waals surface area contributed by atoms with Gasteiger partial charge in [0.1, 0.15) is 12.6 Å². The molecule has 0 aliphatic carbocycles. The maximum Gasteiger partial charge on any atom is 0.332 e. The Balaban J connectivity index is 1.39. The summed E-state index contributed by atoms with van der Waals surface area (Å²) in [6.07, 6.45) is 4.17. The fourth-order valence-electron chi connectivity index (χ4n) is 4.06. The molecule has 0 atom stereocenters. The number of aromatic nitrogens is 1. The Morgan fingerprint density at radius 2 is 1.81 bits per heavy atom. The smallest absolute Gasteiger partial charge is 0.332 e. The monoisotopic (exact) mass is 507 g/mol. The van der Waals surface area contributed by atoms with Crippen molar-refractivity contribution >= 4 is 34.9 Å². The van der Waals surface area contributed by atoms with Crippen LogP contribution in [0.4, 0.5) is 20.6 Å². The molecule has 9 heteroatoms. The van der Waals surface area contributed by atoms with Gasteiger partial charge in [-0.2, -0.15) is 0 Å². The van der Waals surface area contributed by atoms with Crippen molar-refractivity contribution < 1.29 is 23.3 Å². The molecule has 1 aliphatic heterocycles. The molecular formula is C27H25ClFN4O3+. The number of carbonyl (C=O) groups excluding carboxylic acids is 2.